The molecule has 1 fully saturated rings. The second kappa shape index (κ2) is 11.2. The van der Waals surface area contributed by atoms with Gasteiger partial charge in [-0.3, -0.25) is 9.78 Å². The summed E-state index contributed by atoms with van der Waals surface area (Å²) in [4.78, 5) is 23.3. The molecule has 2 aromatic heterocycles. The number of amides is 1. The molecular weight excluding hydrogens is 416 g/mol. The Labute approximate surface area is 184 Å². The molecule has 3 rings (SSSR count). The van der Waals surface area contributed by atoms with Crippen LogP contribution in [0.15, 0.2) is 42.7 Å². The summed E-state index contributed by atoms with van der Waals surface area (Å²) >= 11 is 0. The molecule has 0 saturated carbocycles. The zero-order valence-electron chi connectivity index (χ0n) is 17.9. The van der Waals surface area contributed by atoms with Crippen LogP contribution in [0.2, 0.25) is 0 Å². The molecule has 0 unspecified atom stereocenters. The third-order valence-corrected chi connectivity index (χ3v) is 7.08. The van der Waals surface area contributed by atoms with Gasteiger partial charge in [0.15, 0.2) is 0 Å². The Kier molecular flexibility index (Phi) is 8.36. The molecule has 0 bridgehead atoms. The molecule has 1 saturated heterocycles. The van der Waals surface area contributed by atoms with Crippen molar-refractivity contribution < 1.29 is 17.9 Å². The quantitative estimate of drug-likeness (QED) is 0.588. The molecule has 1 aliphatic rings. The first-order valence-corrected chi connectivity index (χ1v) is 12.4. The number of carbonyl (C=O) groups is 1. The van der Waals surface area contributed by atoms with E-state index < -0.39 is 10.0 Å². The zero-order valence-corrected chi connectivity index (χ0v) is 18.8. The largest absolute Gasteiger partial charge is 0.477 e. The highest BCUT2D eigenvalue weighted by Crippen LogP contribution is 2.19. The molecule has 0 radical (unpaired) electrons. The number of rotatable bonds is 9. The lowest BCUT2D eigenvalue weighted by molar-refractivity contribution is 0.0746. The minimum atomic E-state index is -3.46. The van der Waals surface area contributed by atoms with E-state index in [0.29, 0.717) is 31.0 Å². The first-order valence-electron chi connectivity index (χ1n) is 10.8. The summed E-state index contributed by atoms with van der Waals surface area (Å²) in [6, 6.07) is 8.77. The van der Waals surface area contributed by atoms with E-state index in [4.69, 9.17) is 4.74 Å². The number of hydrogen-bond donors (Lipinski definition) is 0. The highest BCUT2D eigenvalue weighted by molar-refractivity contribution is 7.89. The predicted molar refractivity (Wildman–Crippen MR) is 118 cm³/mol. The van der Waals surface area contributed by atoms with Gasteiger partial charge in [-0.2, -0.15) is 0 Å². The first-order chi connectivity index (χ1) is 15.0. The van der Waals surface area contributed by atoms with Crippen LogP contribution in [-0.2, 0) is 16.6 Å². The van der Waals surface area contributed by atoms with Crippen molar-refractivity contribution >= 4 is 15.9 Å². The van der Waals surface area contributed by atoms with Crippen LogP contribution in [-0.4, -0.2) is 65.5 Å². The summed E-state index contributed by atoms with van der Waals surface area (Å²) in [5.74, 6) is -0.208. The molecule has 2 aromatic rings. The molecule has 0 N–H and O–H groups in total. The molecule has 168 valence electrons. The van der Waals surface area contributed by atoms with E-state index >= 15 is 0 Å². The fourth-order valence-electron chi connectivity index (χ4n) is 3.59. The van der Waals surface area contributed by atoms with Crippen molar-refractivity contribution in [3.63, 3.8) is 0 Å². The summed E-state index contributed by atoms with van der Waals surface area (Å²) in [6.07, 6.45) is 7.08. The van der Waals surface area contributed by atoms with Crippen LogP contribution in [0.3, 0.4) is 0 Å². The molecule has 9 heteroatoms. The Morgan fingerprint density at radius 1 is 1.06 bits per heavy atom. The summed E-state index contributed by atoms with van der Waals surface area (Å²) in [5, 5.41) is 0. The molecule has 0 spiro atoms. The molecular formula is C22H30N4O4S. The number of pyridine rings is 2. The van der Waals surface area contributed by atoms with Crippen LogP contribution in [0, 0.1) is 0 Å². The number of nitrogens with zero attached hydrogens (tertiary/aromatic N) is 4. The Hall–Kier alpha value is -2.52. The number of sulfonamides is 1. The Balaban J connectivity index is 1.80. The minimum absolute atomic E-state index is 0.0642. The average Bonchev–Trinajstić information content (AvgIpc) is 3.08. The number of hydrogen-bond acceptors (Lipinski definition) is 6. The van der Waals surface area contributed by atoms with E-state index in [-0.39, 0.29) is 30.6 Å². The van der Waals surface area contributed by atoms with E-state index in [1.54, 1.807) is 34.9 Å². The Morgan fingerprint density at radius 3 is 2.48 bits per heavy atom. The zero-order chi connectivity index (χ0) is 22.1. The topological polar surface area (TPSA) is 92.7 Å². The summed E-state index contributed by atoms with van der Waals surface area (Å²) in [6.45, 7) is 3.56. The van der Waals surface area contributed by atoms with Crippen LogP contribution >= 0.6 is 0 Å². The van der Waals surface area contributed by atoms with Gasteiger partial charge < -0.3 is 9.64 Å². The van der Waals surface area contributed by atoms with Crippen LogP contribution in [0.5, 0.6) is 5.88 Å². The average molecular weight is 447 g/mol. The smallest absolute Gasteiger partial charge is 0.259 e. The Bertz CT molecular complexity index is 945. The van der Waals surface area contributed by atoms with Gasteiger partial charge in [0.2, 0.25) is 15.9 Å². The van der Waals surface area contributed by atoms with Crippen molar-refractivity contribution in [1.29, 1.82) is 0 Å². The summed E-state index contributed by atoms with van der Waals surface area (Å²) in [7, 11) is -3.46. The molecule has 1 aliphatic heterocycles. The highest BCUT2D eigenvalue weighted by Gasteiger charge is 2.27. The summed E-state index contributed by atoms with van der Waals surface area (Å²) in [5.41, 5.74) is 0.998. The number of aromatic nitrogens is 2. The van der Waals surface area contributed by atoms with Crippen LogP contribution in [0.4, 0.5) is 0 Å². The molecule has 3 heterocycles. The van der Waals surface area contributed by atoms with Crippen LogP contribution in [0.25, 0.3) is 0 Å². The second-order valence-corrected chi connectivity index (χ2v) is 9.55. The van der Waals surface area contributed by atoms with E-state index in [0.717, 1.165) is 25.7 Å². The van der Waals surface area contributed by atoms with Crippen molar-refractivity contribution in [1.82, 2.24) is 19.2 Å². The maximum atomic E-state index is 13.4. The second-order valence-electron chi connectivity index (χ2n) is 7.47. The fourth-order valence-corrected chi connectivity index (χ4v) is 5.11. The van der Waals surface area contributed by atoms with Crippen molar-refractivity contribution in [2.24, 2.45) is 0 Å². The molecule has 1 amide bonds. The summed E-state index contributed by atoms with van der Waals surface area (Å²) < 4.78 is 33.0. The molecule has 0 aromatic carbocycles. The first kappa shape index (κ1) is 23.1. The van der Waals surface area contributed by atoms with Gasteiger partial charge in [-0.15, -0.1) is 0 Å². The maximum absolute atomic E-state index is 13.4. The molecule has 0 aliphatic carbocycles. The monoisotopic (exact) mass is 446 g/mol. The van der Waals surface area contributed by atoms with Gasteiger partial charge in [0.25, 0.3) is 5.91 Å². The van der Waals surface area contributed by atoms with Crippen molar-refractivity contribution in [2.75, 3.05) is 32.0 Å². The van der Waals surface area contributed by atoms with Crippen LogP contribution in [0.1, 0.15) is 48.7 Å². The van der Waals surface area contributed by atoms with Gasteiger partial charge in [0, 0.05) is 32.0 Å². The fraction of sp³-hybridized carbons (Fsp3) is 0.500. The van der Waals surface area contributed by atoms with E-state index in [2.05, 4.69) is 9.97 Å². The highest BCUT2D eigenvalue weighted by atomic mass is 32.2. The van der Waals surface area contributed by atoms with Gasteiger partial charge >= 0.3 is 0 Å². The lowest BCUT2D eigenvalue weighted by atomic mass is 10.2. The third kappa shape index (κ3) is 6.48. The number of ether oxygens (including phenoxy) is 1. The van der Waals surface area contributed by atoms with Gasteiger partial charge in [0.05, 0.1) is 24.6 Å². The SMILES string of the molecule is CCOc1ncccc1C(=O)N(CCS(=O)(=O)N1CCCCCC1)Cc1ccccn1. The standard InChI is InChI=1S/C22H30N4O4S/c1-2-30-21-20(11-9-13-24-21)22(27)25(18-19-10-5-6-12-23-19)16-17-31(28,29)26-14-7-3-4-8-15-26/h5-6,9-13H,2-4,7-8,14-18H2,1H3. The predicted octanol–water partition coefficient (Wildman–Crippen LogP) is 2.72. The van der Waals surface area contributed by atoms with Crippen LogP contribution < -0.4 is 4.74 Å². The van der Waals surface area contributed by atoms with E-state index in [1.165, 1.54) is 4.90 Å². The Morgan fingerprint density at radius 2 is 1.81 bits per heavy atom. The van der Waals surface area contributed by atoms with Gasteiger partial charge in [0.1, 0.15) is 5.56 Å². The number of carbonyl (C=O) groups excluding carboxylic acids is 1. The van der Waals surface area contributed by atoms with Crippen molar-refractivity contribution in [3.8, 4) is 5.88 Å². The molecule has 8 nitrogen and oxygen atoms in total. The van der Waals surface area contributed by atoms with E-state index in [1.807, 2.05) is 19.1 Å². The third-order valence-electron chi connectivity index (χ3n) is 5.23. The maximum Gasteiger partial charge on any atom is 0.259 e. The van der Waals surface area contributed by atoms with Crippen molar-refractivity contribution in [2.45, 2.75) is 39.2 Å². The normalized spacial score (nSPS) is 15.3. The van der Waals surface area contributed by atoms with Gasteiger partial charge in [-0.1, -0.05) is 18.9 Å². The lowest BCUT2D eigenvalue weighted by Gasteiger charge is -2.25. The lowest BCUT2D eigenvalue weighted by Crippen LogP contribution is -2.40. The molecule has 0 atom stereocenters. The van der Waals surface area contributed by atoms with Gasteiger partial charge in [-0.25, -0.2) is 17.7 Å². The molecule has 31 heavy (non-hydrogen) atoms. The van der Waals surface area contributed by atoms with Gasteiger partial charge in [-0.05, 0) is 44.0 Å². The van der Waals surface area contributed by atoms with E-state index in [9.17, 15) is 13.2 Å². The van der Waals surface area contributed by atoms with Crippen molar-refractivity contribution in [3.05, 3.63) is 54.0 Å². The minimum Gasteiger partial charge on any atom is -0.477 e.